The molecule has 7 nitrogen and oxygen atoms in total. The number of carbonyl (C=O) groups is 2. The molecule has 0 bridgehead atoms. The molecule has 3 aromatic rings. The molecule has 1 amide bonds. The highest BCUT2D eigenvalue weighted by Crippen LogP contribution is 2.28. The lowest BCUT2D eigenvalue weighted by molar-refractivity contribution is 0.0526. The minimum Gasteiger partial charge on any atom is -0.493 e. The summed E-state index contributed by atoms with van der Waals surface area (Å²) in [4.78, 5) is 29.6. The third-order valence-corrected chi connectivity index (χ3v) is 5.38. The van der Waals surface area contributed by atoms with Gasteiger partial charge in [0.25, 0.3) is 5.91 Å². The molecule has 152 valence electrons. The Morgan fingerprint density at radius 2 is 1.72 bits per heavy atom. The number of thiazole rings is 1. The first kappa shape index (κ1) is 20.6. The van der Waals surface area contributed by atoms with Crippen LogP contribution in [0.15, 0.2) is 41.4 Å². The zero-order valence-electron chi connectivity index (χ0n) is 16.7. The van der Waals surface area contributed by atoms with E-state index < -0.39 is 0 Å². The second-order valence-electron chi connectivity index (χ2n) is 6.02. The van der Waals surface area contributed by atoms with Gasteiger partial charge in [0.1, 0.15) is 0 Å². The third-order valence-electron chi connectivity index (χ3n) is 4.34. The predicted molar refractivity (Wildman–Crippen MR) is 111 cm³/mol. The normalized spacial score (nSPS) is 11.5. The van der Waals surface area contributed by atoms with E-state index in [1.54, 1.807) is 37.3 Å². The quantitative estimate of drug-likeness (QED) is 0.575. The van der Waals surface area contributed by atoms with Crippen LogP contribution < -0.4 is 14.3 Å². The van der Waals surface area contributed by atoms with E-state index in [9.17, 15) is 9.59 Å². The van der Waals surface area contributed by atoms with E-state index in [1.165, 1.54) is 25.6 Å². The molecule has 29 heavy (non-hydrogen) atoms. The van der Waals surface area contributed by atoms with Crippen LogP contribution in [-0.4, -0.2) is 37.3 Å². The van der Waals surface area contributed by atoms with Crippen LogP contribution in [0, 0.1) is 0 Å². The molecular weight excluding hydrogens is 392 g/mol. The fourth-order valence-corrected chi connectivity index (χ4v) is 4.06. The smallest absolute Gasteiger partial charge is 0.338 e. The van der Waals surface area contributed by atoms with Crippen LogP contribution in [0.2, 0.25) is 0 Å². The van der Waals surface area contributed by atoms with Crippen molar-refractivity contribution in [3.63, 3.8) is 0 Å². The van der Waals surface area contributed by atoms with Crippen LogP contribution >= 0.6 is 11.3 Å². The Balaban J connectivity index is 2.05. The summed E-state index contributed by atoms with van der Waals surface area (Å²) in [5, 5.41) is 0. The number of benzene rings is 2. The highest BCUT2D eigenvalue weighted by Gasteiger charge is 2.14. The van der Waals surface area contributed by atoms with Crippen molar-refractivity contribution in [3.8, 4) is 11.5 Å². The van der Waals surface area contributed by atoms with Crippen LogP contribution in [0.25, 0.3) is 10.2 Å². The average molecular weight is 414 g/mol. The standard InChI is InChI=1S/C21H22N2O5S/c1-5-23-15-9-7-14(20(25)28-6-2)12-18(15)29-21(23)22-19(24)13-8-10-16(26-3)17(11-13)27-4/h7-12H,5-6H2,1-4H3. The Kier molecular flexibility index (Phi) is 6.33. The van der Waals surface area contributed by atoms with Crippen molar-refractivity contribution in [2.45, 2.75) is 20.4 Å². The van der Waals surface area contributed by atoms with E-state index in [0.717, 1.165) is 10.2 Å². The van der Waals surface area contributed by atoms with Crippen molar-refractivity contribution >= 4 is 33.4 Å². The number of ether oxygens (including phenoxy) is 3. The Bertz CT molecular complexity index is 1130. The Morgan fingerprint density at radius 1 is 1.00 bits per heavy atom. The minimum absolute atomic E-state index is 0.316. The monoisotopic (exact) mass is 414 g/mol. The molecule has 0 aliphatic rings. The van der Waals surface area contributed by atoms with E-state index >= 15 is 0 Å². The van der Waals surface area contributed by atoms with Gasteiger partial charge in [-0.2, -0.15) is 4.99 Å². The van der Waals surface area contributed by atoms with Gasteiger partial charge in [0.2, 0.25) is 0 Å². The predicted octanol–water partition coefficient (Wildman–Crippen LogP) is 3.66. The number of amides is 1. The summed E-state index contributed by atoms with van der Waals surface area (Å²) in [6.07, 6.45) is 0. The molecule has 3 rings (SSSR count). The molecular formula is C21H22N2O5S. The number of aryl methyl sites for hydroxylation is 1. The molecule has 0 atom stereocenters. The van der Waals surface area contributed by atoms with Crippen molar-refractivity contribution in [2.75, 3.05) is 20.8 Å². The molecule has 0 spiro atoms. The highest BCUT2D eigenvalue weighted by molar-refractivity contribution is 7.16. The number of hydrogen-bond acceptors (Lipinski definition) is 6. The van der Waals surface area contributed by atoms with Gasteiger partial charge in [-0.05, 0) is 50.2 Å². The molecule has 1 aromatic heterocycles. The van der Waals surface area contributed by atoms with Gasteiger partial charge in [0, 0.05) is 12.1 Å². The number of rotatable bonds is 6. The first-order valence-electron chi connectivity index (χ1n) is 9.13. The van der Waals surface area contributed by atoms with E-state index in [0.29, 0.717) is 40.6 Å². The van der Waals surface area contributed by atoms with E-state index in [-0.39, 0.29) is 11.9 Å². The van der Waals surface area contributed by atoms with Crippen molar-refractivity contribution in [1.82, 2.24) is 4.57 Å². The number of nitrogens with zero attached hydrogens (tertiary/aromatic N) is 2. The van der Waals surface area contributed by atoms with Crippen LogP contribution in [-0.2, 0) is 11.3 Å². The number of carbonyl (C=O) groups excluding carboxylic acids is 2. The minimum atomic E-state index is -0.384. The van der Waals surface area contributed by atoms with Gasteiger partial charge in [-0.3, -0.25) is 4.79 Å². The van der Waals surface area contributed by atoms with Crippen molar-refractivity contribution in [2.24, 2.45) is 4.99 Å². The third kappa shape index (κ3) is 4.17. The summed E-state index contributed by atoms with van der Waals surface area (Å²) in [5.74, 6) is 0.254. The molecule has 0 N–H and O–H groups in total. The van der Waals surface area contributed by atoms with Crippen LogP contribution in [0.1, 0.15) is 34.6 Å². The Labute approximate surface area is 172 Å². The maximum Gasteiger partial charge on any atom is 0.338 e. The molecule has 8 heteroatoms. The molecule has 0 radical (unpaired) electrons. The molecule has 0 fully saturated rings. The maximum atomic E-state index is 12.7. The van der Waals surface area contributed by atoms with Gasteiger partial charge in [-0.25, -0.2) is 4.79 Å². The number of esters is 1. The molecule has 0 unspecified atom stereocenters. The number of methoxy groups -OCH3 is 2. The zero-order valence-corrected chi connectivity index (χ0v) is 17.5. The molecule has 0 saturated heterocycles. The van der Waals surface area contributed by atoms with Crippen molar-refractivity contribution in [1.29, 1.82) is 0 Å². The summed E-state index contributed by atoms with van der Waals surface area (Å²) in [6, 6.07) is 10.3. The summed E-state index contributed by atoms with van der Waals surface area (Å²) >= 11 is 1.35. The van der Waals surface area contributed by atoms with E-state index in [4.69, 9.17) is 14.2 Å². The Morgan fingerprint density at radius 3 is 2.38 bits per heavy atom. The first-order valence-corrected chi connectivity index (χ1v) is 9.95. The summed E-state index contributed by atoms with van der Waals surface area (Å²) < 4.78 is 18.3. The number of aromatic nitrogens is 1. The fraction of sp³-hybridized carbons (Fsp3) is 0.286. The van der Waals surface area contributed by atoms with Crippen LogP contribution in [0.5, 0.6) is 11.5 Å². The van der Waals surface area contributed by atoms with Gasteiger partial charge in [-0.15, -0.1) is 0 Å². The van der Waals surface area contributed by atoms with Gasteiger partial charge in [-0.1, -0.05) is 11.3 Å². The molecule has 0 aliphatic heterocycles. The van der Waals surface area contributed by atoms with E-state index in [2.05, 4.69) is 4.99 Å². The second-order valence-corrected chi connectivity index (χ2v) is 7.03. The zero-order chi connectivity index (χ0) is 21.0. The number of fused-ring (bicyclic) bond motifs is 1. The lowest BCUT2D eigenvalue weighted by atomic mass is 10.2. The number of hydrogen-bond donors (Lipinski definition) is 0. The lowest BCUT2D eigenvalue weighted by Crippen LogP contribution is -2.16. The lowest BCUT2D eigenvalue weighted by Gasteiger charge is -2.07. The molecule has 0 saturated carbocycles. The van der Waals surface area contributed by atoms with Gasteiger partial charge >= 0.3 is 5.97 Å². The van der Waals surface area contributed by atoms with Crippen LogP contribution in [0.3, 0.4) is 0 Å². The topological polar surface area (TPSA) is 79.1 Å². The van der Waals surface area contributed by atoms with Crippen LogP contribution in [0.4, 0.5) is 0 Å². The average Bonchev–Trinajstić information content (AvgIpc) is 3.09. The second kappa shape index (κ2) is 8.91. The van der Waals surface area contributed by atoms with Crippen molar-refractivity contribution in [3.05, 3.63) is 52.3 Å². The van der Waals surface area contributed by atoms with E-state index in [1.807, 2.05) is 17.6 Å². The maximum absolute atomic E-state index is 12.7. The van der Waals surface area contributed by atoms with Gasteiger partial charge < -0.3 is 18.8 Å². The SMILES string of the molecule is CCOC(=O)c1ccc2c(c1)sc(=NC(=O)c1ccc(OC)c(OC)c1)n2CC. The largest absolute Gasteiger partial charge is 0.493 e. The van der Waals surface area contributed by atoms with Gasteiger partial charge in [0.05, 0.1) is 36.6 Å². The Hall–Kier alpha value is -3.13. The molecule has 2 aromatic carbocycles. The molecule has 1 heterocycles. The molecule has 0 aliphatic carbocycles. The summed E-state index contributed by atoms with van der Waals surface area (Å²) in [6.45, 7) is 4.70. The summed E-state index contributed by atoms with van der Waals surface area (Å²) in [7, 11) is 3.05. The van der Waals surface area contributed by atoms with Gasteiger partial charge in [0.15, 0.2) is 16.3 Å². The van der Waals surface area contributed by atoms with Crippen molar-refractivity contribution < 1.29 is 23.8 Å². The summed E-state index contributed by atoms with van der Waals surface area (Å²) in [5.41, 5.74) is 1.78. The highest BCUT2D eigenvalue weighted by atomic mass is 32.1. The fourth-order valence-electron chi connectivity index (χ4n) is 2.93. The first-order chi connectivity index (χ1) is 14.0.